The third-order valence-electron chi connectivity index (χ3n) is 3.28. The summed E-state index contributed by atoms with van der Waals surface area (Å²) in [4.78, 5) is 13.4. The lowest BCUT2D eigenvalue weighted by Crippen LogP contribution is -2.27. The molecule has 0 spiro atoms. The summed E-state index contributed by atoms with van der Waals surface area (Å²) in [5.41, 5.74) is 9.10. The van der Waals surface area contributed by atoms with Gasteiger partial charge >= 0.3 is 0 Å². The number of carbonyl (C=O) groups excluding carboxylic acids is 1. The van der Waals surface area contributed by atoms with Crippen molar-refractivity contribution in [3.8, 4) is 0 Å². The normalized spacial score (nSPS) is 20.1. The first-order valence-corrected chi connectivity index (χ1v) is 5.69. The second-order valence-electron chi connectivity index (χ2n) is 4.62. The van der Waals surface area contributed by atoms with Gasteiger partial charge in [-0.3, -0.25) is 4.79 Å². The second-order valence-corrected chi connectivity index (χ2v) is 4.62. The molecule has 3 heteroatoms. The van der Waals surface area contributed by atoms with Crippen molar-refractivity contribution in [3.63, 3.8) is 0 Å². The molecule has 1 atom stereocenters. The largest absolute Gasteiger partial charge is 0.370 e. The Labute approximate surface area is 96.2 Å². The molecular formula is C13H18N2O. The number of carbonyl (C=O) groups is 1. The number of amides is 1. The van der Waals surface area contributed by atoms with Crippen molar-refractivity contribution in [1.29, 1.82) is 0 Å². The number of primary amides is 1. The van der Waals surface area contributed by atoms with E-state index in [1.807, 2.05) is 0 Å². The zero-order valence-corrected chi connectivity index (χ0v) is 9.86. The van der Waals surface area contributed by atoms with Crippen LogP contribution in [0.15, 0.2) is 18.2 Å². The Hall–Kier alpha value is -1.51. The third-order valence-corrected chi connectivity index (χ3v) is 3.28. The summed E-state index contributed by atoms with van der Waals surface area (Å²) >= 11 is 0. The molecule has 0 aromatic heterocycles. The summed E-state index contributed by atoms with van der Waals surface area (Å²) in [6.45, 7) is 5.89. The first-order valence-electron chi connectivity index (χ1n) is 5.69. The first kappa shape index (κ1) is 11.0. The van der Waals surface area contributed by atoms with Crippen molar-refractivity contribution in [2.75, 3.05) is 18.0 Å². The Bertz CT molecular complexity index is 414. The van der Waals surface area contributed by atoms with Gasteiger partial charge in [-0.1, -0.05) is 17.7 Å². The summed E-state index contributed by atoms with van der Waals surface area (Å²) in [7, 11) is 0. The van der Waals surface area contributed by atoms with Gasteiger partial charge in [0.05, 0.1) is 5.92 Å². The highest BCUT2D eigenvalue weighted by atomic mass is 16.1. The van der Waals surface area contributed by atoms with Crippen LogP contribution >= 0.6 is 0 Å². The van der Waals surface area contributed by atoms with E-state index < -0.39 is 0 Å². The Morgan fingerprint density at radius 3 is 2.75 bits per heavy atom. The van der Waals surface area contributed by atoms with Gasteiger partial charge in [0.25, 0.3) is 0 Å². The lowest BCUT2D eigenvalue weighted by Gasteiger charge is -2.20. The number of nitrogens with zero attached hydrogens (tertiary/aromatic N) is 1. The van der Waals surface area contributed by atoms with E-state index in [4.69, 9.17) is 5.73 Å². The highest BCUT2D eigenvalue weighted by molar-refractivity contribution is 5.78. The fourth-order valence-corrected chi connectivity index (χ4v) is 2.37. The molecule has 3 nitrogen and oxygen atoms in total. The molecule has 0 bridgehead atoms. The SMILES string of the molecule is Cc1ccc(N2CCC(C(N)=O)C2)c(C)c1. The van der Waals surface area contributed by atoms with Crippen LogP contribution in [-0.2, 0) is 4.79 Å². The number of hydrogen-bond donors (Lipinski definition) is 1. The lowest BCUT2D eigenvalue weighted by atomic mass is 10.1. The van der Waals surface area contributed by atoms with Crippen LogP contribution in [0.5, 0.6) is 0 Å². The van der Waals surface area contributed by atoms with E-state index in [-0.39, 0.29) is 11.8 Å². The quantitative estimate of drug-likeness (QED) is 0.819. The molecule has 1 amide bonds. The Morgan fingerprint density at radius 2 is 2.19 bits per heavy atom. The summed E-state index contributed by atoms with van der Waals surface area (Å²) in [5, 5.41) is 0. The lowest BCUT2D eigenvalue weighted by molar-refractivity contribution is -0.121. The van der Waals surface area contributed by atoms with Crippen LogP contribution in [0.3, 0.4) is 0 Å². The van der Waals surface area contributed by atoms with Gasteiger partial charge in [0.2, 0.25) is 5.91 Å². The number of anilines is 1. The Balaban J connectivity index is 2.17. The van der Waals surface area contributed by atoms with Gasteiger partial charge in [-0.15, -0.1) is 0 Å². The van der Waals surface area contributed by atoms with Crippen LogP contribution in [0.2, 0.25) is 0 Å². The average molecular weight is 218 g/mol. The van der Waals surface area contributed by atoms with Gasteiger partial charge in [0, 0.05) is 18.8 Å². The minimum absolute atomic E-state index is 0.0145. The highest BCUT2D eigenvalue weighted by Crippen LogP contribution is 2.27. The number of benzene rings is 1. The molecule has 1 fully saturated rings. The highest BCUT2D eigenvalue weighted by Gasteiger charge is 2.27. The number of nitrogens with two attached hydrogens (primary N) is 1. The molecule has 1 aliphatic rings. The van der Waals surface area contributed by atoms with E-state index in [1.165, 1.54) is 16.8 Å². The van der Waals surface area contributed by atoms with Gasteiger partial charge < -0.3 is 10.6 Å². The van der Waals surface area contributed by atoms with E-state index in [0.717, 1.165) is 19.5 Å². The van der Waals surface area contributed by atoms with Crippen molar-refractivity contribution >= 4 is 11.6 Å². The van der Waals surface area contributed by atoms with E-state index in [2.05, 4.69) is 36.9 Å². The van der Waals surface area contributed by atoms with Gasteiger partial charge in [0.15, 0.2) is 0 Å². The molecule has 2 N–H and O–H groups in total. The molecular weight excluding hydrogens is 200 g/mol. The van der Waals surface area contributed by atoms with Crippen molar-refractivity contribution < 1.29 is 4.79 Å². The van der Waals surface area contributed by atoms with Gasteiger partial charge in [-0.05, 0) is 31.9 Å². The summed E-state index contributed by atoms with van der Waals surface area (Å²) in [5.74, 6) is -0.159. The van der Waals surface area contributed by atoms with Crippen molar-refractivity contribution in [2.45, 2.75) is 20.3 Å². The Kier molecular flexibility index (Phi) is 2.86. The van der Waals surface area contributed by atoms with Crippen LogP contribution in [0, 0.1) is 19.8 Å². The zero-order valence-electron chi connectivity index (χ0n) is 9.86. The average Bonchev–Trinajstić information content (AvgIpc) is 2.66. The van der Waals surface area contributed by atoms with Gasteiger partial charge in [-0.2, -0.15) is 0 Å². The number of aryl methyl sites for hydroxylation is 2. The van der Waals surface area contributed by atoms with E-state index >= 15 is 0 Å². The van der Waals surface area contributed by atoms with E-state index in [0.29, 0.717) is 0 Å². The smallest absolute Gasteiger partial charge is 0.222 e. The molecule has 0 radical (unpaired) electrons. The molecule has 16 heavy (non-hydrogen) atoms. The number of hydrogen-bond acceptors (Lipinski definition) is 2. The molecule has 1 aliphatic heterocycles. The van der Waals surface area contributed by atoms with Crippen molar-refractivity contribution in [1.82, 2.24) is 0 Å². The number of rotatable bonds is 2. The molecule has 0 saturated carbocycles. The molecule has 86 valence electrons. The molecule has 2 rings (SSSR count). The molecule has 1 aromatic rings. The minimum atomic E-state index is -0.174. The first-order chi connectivity index (χ1) is 7.58. The molecule has 1 saturated heterocycles. The third kappa shape index (κ3) is 2.03. The minimum Gasteiger partial charge on any atom is -0.370 e. The van der Waals surface area contributed by atoms with Crippen LogP contribution < -0.4 is 10.6 Å². The maximum atomic E-state index is 11.1. The van der Waals surface area contributed by atoms with Crippen LogP contribution in [0.4, 0.5) is 5.69 Å². The molecule has 0 aliphatic carbocycles. The van der Waals surface area contributed by atoms with Crippen molar-refractivity contribution in [2.24, 2.45) is 11.7 Å². The fraction of sp³-hybridized carbons (Fsp3) is 0.462. The van der Waals surface area contributed by atoms with E-state index in [1.54, 1.807) is 0 Å². The summed E-state index contributed by atoms with van der Waals surface area (Å²) in [6.07, 6.45) is 0.878. The molecule has 1 heterocycles. The zero-order chi connectivity index (χ0) is 11.7. The molecule has 1 unspecified atom stereocenters. The second kappa shape index (κ2) is 4.16. The standard InChI is InChI=1S/C13H18N2O/c1-9-3-4-12(10(2)7-9)15-6-5-11(8-15)13(14)16/h3-4,7,11H,5-6,8H2,1-2H3,(H2,14,16). The predicted octanol–water partition coefficient (Wildman–Crippen LogP) is 1.62. The van der Waals surface area contributed by atoms with Crippen molar-refractivity contribution in [3.05, 3.63) is 29.3 Å². The van der Waals surface area contributed by atoms with Gasteiger partial charge in [-0.25, -0.2) is 0 Å². The van der Waals surface area contributed by atoms with Gasteiger partial charge in [0.1, 0.15) is 0 Å². The van der Waals surface area contributed by atoms with E-state index in [9.17, 15) is 4.79 Å². The maximum absolute atomic E-state index is 11.1. The summed E-state index contributed by atoms with van der Waals surface area (Å²) < 4.78 is 0. The Morgan fingerprint density at radius 1 is 1.44 bits per heavy atom. The monoisotopic (exact) mass is 218 g/mol. The maximum Gasteiger partial charge on any atom is 0.222 e. The van der Waals surface area contributed by atoms with Crippen LogP contribution in [0.1, 0.15) is 17.5 Å². The fourth-order valence-electron chi connectivity index (χ4n) is 2.37. The summed E-state index contributed by atoms with van der Waals surface area (Å²) in [6, 6.07) is 6.42. The topological polar surface area (TPSA) is 46.3 Å². The molecule has 1 aromatic carbocycles. The van der Waals surface area contributed by atoms with Crippen LogP contribution in [-0.4, -0.2) is 19.0 Å². The predicted molar refractivity (Wildman–Crippen MR) is 65.4 cm³/mol. The van der Waals surface area contributed by atoms with Crippen LogP contribution in [0.25, 0.3) is 0 Å².